The zero-order chi connectivity index (χ0) is 18.8. The van der Waals surface area contributed by atoms with Crippen LogP contribution in [0.4, 0.5) is 14.6 Å². The summed E-state index contributed by atoms with van der Waals surface area (Å²) in [5.74, 6) is 0.756. The fraction of sp³-hybridized carbons (Fsp3) is 0.350. The van der Waals surface area contributed by atoms with Crippen molar-refractivity contribution in [3.8, 4) is 11.3 Å². The lowest BCUT2D eigenvalue weighted by Crippen LogP contribution is -2.40. The second kappa shape index (κ2) is 7.52. The Morgan fingerprint density at radius 1 is 1.11 bits per heavy atom. The summed E-state index contributed by atoms with van der Waals surface area (Å²) in [6.07, 6.45) is 1.10. The molecule has 1 aliphatic heterocycles. The zero-order valence-electron chi connectivity index (χ0n) is 15.1. The molecule has 1 aliphatic rings. The third-order valence-electron chi connectivity index (χ3n) is 4.94. The molecule has 0 bridgehead atoms. The van der Waals surface area contributed by atoms with Crippen LogP contribution in [-0.2, 0) is 0 Å². The van der Waals surface area contributed by atoms with E-state index in [-0.39, 0.29) is 5.69 Å². The van der Waals surface area contributed by atoms with Crippen molar-refractivity contribution in [3.05, 3.63) is 48.3 Å². The zero-order valence-corrected chi connectivity index (χ0v) is 15.1. The standard InChI is InChI=1S/C20H21F2N5/c1-27-10-4-5-14(12-27)24-20-16-7-3-2-6-15(16)18(25-26-20)13-8-9-17(19(21)22)23-11-13/h2-3,6-9,11,14,19H,4-5,10,12H2,1H3,(H,24,26). The minimum Gasteiger partial charge on any atom is -0.364 e. The molecule has 3 heterocycles. The number of nitrogens with zero attached hydrogens (tertiary/aromatic N) is 4. The molecule has 27 heavy (non-hydrogen) atoms. The Hall–Kier alpha value is -2.67. The van der Waals surface area contributed by atoms with Crippen LogP contribution in [-0.4, -0.2) is 46.3 Å². The maximum atomic E-state index is 12.8. The van der Waals surface area contributed by atoms with Gasteiger partial charge in [0.05, 0.1) is 0 Å². The Kier molecular flexibility index (Phi) is 4.94. The molecule has 1 aromatic carbocycles. The Morgan fingerprint density at radius 2 is 1.93 bits per heavy atom. The second-order valence-corrected chi connectivity index (χ2v) is 6.96. The highest BCUT2D eigenvalue weighted by Crippen LogP contribution is 2.30. The van der Waals surface area contributed by atoms with E-state index in [4.69, 9.17) is 0 Å². The number of fused-ring (bicyclic) bond motifs is 1. The third-order valence-corrected chi connectivity index (χ3v) is 4.94. The number of likely N-dealkylation sites (tertiary alicyclic amines) is 1. The van der Waals surface area contributed by atoms with Crippen LogP contribution in [0.2, 0.25) is 0 Å². The lowest BCUT2D eigenvalue weighted by molar-refractivity contribution is 0.146. The first kappa shape index (κ1) is 17.7. The van der Waals surface area contributed by atoms with Gasteiger partial charge >= 0.3 is 0 Å². The molecule has 1 N–H and O–H groups in total. The molecule has 140 valence electrons. The lowest BCUT2D eigenvalue weighted by atomic mass is 10.0. The van der Waals surface area contributed by atoms with Gasteiger partial charge in [0.1, 0.15) is 11.4 Å². The van der Waals surface area contributed by atoms with E-state index < -0.39 is 6.43 Å². The van der Waals surface area contributed by atoms with E-state index >= 15 is 0 Å². The highest BCUT2D eigenvalue weighted by Gasteiger charge is 2.19. The van der Waals surface area contributed by atoms with Crippen molar-refractivity contribution in [3.63, 3.8) is 0 Å². The number of aromatic nitrogens is 3. The molecular formula is C20H21F2N5. The molecule has 1 atom stereocenters. The largest absolute Gasteiger partial charge is 0.364 e. The van der Waals surface area contributed by atoms with E-state index in [1.54, 1.807) is 6.07 Å². The summed E-state index contributed by atoms with van der Waals surface area (Å²) in [5.41, 5.74) is 1.08. The number of rotatable bonds is 4. The van der Waals surface area contributed by atoms with Crippen LogP contribution in [0.1, 0.15) is 25.0 Å². The highest BCUT2D eigenvalue weighted by atomic mass is 19.3. The average molecular weight is 369 g/mol. The van der Waals surface area contributed by atoms with Gasteiger partial charge in [-0.05, 0) is 38.6 Å². The van der Waals surface area contributed by atoms with Crippen molar-refractivity contribution in [1.29, 1.82) is 0 Å². The number of halogens is 2. The highest BCUT2D eigenvalue weighted by molar-refractivity contribution is 5.99. The molecule has 0 aliphatic carbocycles. The molecule has 5 nitrogen and oxygen atoms in total. The predicted octanol–water partition coefficient (Wildman–Crippen LogP) is 4.14. The summed E-state index contributed by atoms with van der Waals surface area (Å²) in [6.45, 7) is 2.09. The summed E-state index contributed by atoms with van der Waals surface area (Å²) in [5, 5.41) is 14.2. The SMILES string of the molecule is CN1CCCC(Nc2nnc(-c3ccc(C(F)F)nc3)c3ccccc23)C1. The number of likely N-dealkylation sites (N-methyl/N-ethyl adjacent to an activating group) is 1. The van der Waals surface area contributed by atoms with Gasteiger partial charge < -0.3 is 10.2 Å². The number of hydrogen-bond donors (Lipinski definition) is 1. The van der Waals surface area contributed by atoms with E-state index in [9.17, 15) is 8.78 Å². The smallest absolute Gasteiger partial charge is 0.280 e. The second-order valence-electron chi connectivity index (χ2n) is 6.96. The Labute approximate surface area is 156 Å². The van der Waals surface area contributed by atoms with E-state index in [0.29, 0.717) is 17.3 Å². The first-order chi connectivity index (χ1) is 13.1. The summed E-state index contributed by atoms with van der Waals surface area (Å²) in [7, 11) is 2.12. The topological polar surface area (TPSA) is 53.9 Å². The Balaban J connectivity index is 1.69. The molecule has 1 unspecified atom stereocenters. The average Bonchev–Trinajstić information content (AvgIpc) is 2.68. The van der Waals surface area contributed by atoms with Crippen LogP contribution in [0, 0.1) is 0 Å². The van der Waals surface area contributed by atoms with Crippen LogP contribution >= 0.6 is 0 Å². The van der Waals surface area contributed by atoms with Crippen molar-refractivity contribution in [2.24, 2.45) is 0 Å². The van der Waals surface area contributed by atoms with E-state index in [1.807, 2.05) is 24.3 Å². The molecule has 2 aromatic heterocycles. The maximum Gasteiger partial charge on any atom is 0.280 e. The first-order valence-corrected chi connectivity index (χ1v) is 9.07. The van der Waals surface area contributed by atoms with Gasteiger partial charge in [-0.1, -0.05) is 24.3 Å². The number of nitrogens with one attached hydrogen (secondary N) is 1. The van der Waals surface area contributed by atoms with Gasteiger partial charge in [0.2, 0.25) is 0 Å². The van der Waals surface area contributed by atoms with Crippen LogP contribution in [0.25, 0.3) is 22.0 Å². The number of pyridine rings is 1. The molecule has 1 fully saturated rings. The van der Waals surface area contributed by atoms with Gasteiger partial charge in [0, 0.05) is 35.1 Å². The predicted molar refractivity (Wildman–Crippen MR) is 102 cm³/mol. The normalized spacial score (nSPS) is 18.1. The van der Waals surface area contributed by atoms with Gasteiger partial charge in [-0.2, -0.15) is 0 Å². The molecule has 3 aromatic rings. The molecule has 4 rings (SSSR count). The van der Waals surface area contributed by atoms with Gasteiger partial charge in [0.15, 0.2) is 5.82 Å². The number of alkyl halides is 2. The number of hydrogen-bond acceptors (Lipinski definition) is 5. The van der Waals surface area contributed by atoms with E-state index in [2.05, 4.69) is 32.4 Å². The summed E-state index contributed by atoms with van der Waals surface area (Å²) in [4.78, 5) is 6.15. The number of anilines is 1. The molecule has 0 amide bonds. The first-order valence-electron chi connectivity index (χ1n) is 9.07. The minimum absolute atomic E-state index is 0.240. The van der Waals surface area contributed by atoms with Gasteiger partial charge in [0.25, 0.3) is 6.43 Å². The van der Waals surface area contributed by atoms with Crippen molar-refractivity contribution in [2.75, 3.05) is 25.5 Å². The fourth-order valence-corrected chi connectivity index (χ4v) is 3.58. The van der Waals surface area contributed by atoms with Crippen molar-refractivity contribution < 1.29 is 8.78 Å². The van der Waals surface area contributed by atoms with Crippen molar-refractivity contribution >= 4 is 16.6 Å². The quantitative estimate of drug-likeness (QED) is 0.749. The van der Waals surface area contributed by atoms with Gasteiger partial charge in [-0.3, -0.25) is 4.98 Å². The summed E-state index contributed by atoms with van der Waals surface area (Å²) >= 11 is 0. The summed E-state index contributed by atoms with van der Waals surface area (Å²) in [6, 6.07) is 11.2. The van der Waals surface area contributed by atoms with Crippen molar-refractivity contribution in [1.82, 2.24) is 20.1 Å². The fourth-order valence-electron chi connectivity index (χ4n) is 3.58. The van der Waals surface area contributed by atoms with Crippen molar-refractivity contribution in [2.45, 2.75) is 25.3 Å². The summed E-state index contributed by atoms with van der Waals surface area (Å²) < 4.78 is 25.5. The monoisotopic (exact) mass is 369 g/mol. The van der Waals surface area contributed by atoms with Crippen LogP contribution in [0.3, 0.4) is 0 Å². The van der Waals surface area contributed by atoms with Gasteiger partial charge in [-0.25, -0.2) is 8.78 Å². The van der Waals surface area contributed by atoms with Gasteiger partial charge in [-0.15, -0.1) is 10.2 Å². The van der Waals surface area contributed by atoms with Crippen LogP contribution < -0.4 is 5.32 Å². The third kappa shape index (κ3) is 3.73. The van der Waals surface area contributed by atoms with E-state index in [0.717, 1.165) is 42.5 Å². The van der Waals surface area contributed by atoms with Crippen LogP contribution in [0.5, 0.6) is 0 Å². The van der Waals surface area contributed by atoms with E-state index in [1.165, 1.54) is 12.3 Å². The molecule has 0 radical (unpaired) electrons. The Morgan fingerprint density at radius 3 is 2.63 bits per heavy atom. The molecule has 0 spiro atoms. The molecule has 0 saturated carbocycles. The molecular weight excluding hydrogens is 348 g/mol. The van der Waals surface area contributed by atoms with Crippen LogP contribution in [0.15, 0.2) is 42.6 Å². The minimum atomic E-state index is -2.58. The molecule has 7 heteroatoms. The Bertz CT molecular complexity index is 929. The maximum absolute atomic E-state index is 12.8. The lowest BCUT2D eigenvalue weighted by Gasteiger charge is -2.30. The molecule has 1 saturated heterocycles. The number of piperidine rings is 1. The number of benzene rings is 1.